The van der Waals surface area contributed by atoms with Crippen molar-refractivity contribution in [2.24, 2.45) is 5.10 Å². The van der Waals surface area contributed by atoms with Gasteiger partial charge in [0.2, 0.25) is 5.91 Å². The number of rotatable bonds is 4. The number of carbonyl (C=O) groups is 1. The smallest absolute Gasteiger partial charge is 0.242 e. The minimum absolute atomic E-state index is 0.0399. The number of hydrogen-bond acceptors (Lipinski definition) is 4. The van der Waals surface area contributed by atoms with Crippen molar-refractivity contribution in [2.75, 3.05) is 7.11 Å². The van der Waals surface area contributed by atoms with Gasteiger partial charge in [-0.3, -0.25) is 4.79 Å². The molecule has 1 aliphatic rings. The number of hydrazone groups is 1. The van der Waals surface area contributed by atoms with Gasteiger partial charge in [0.05, 0.1) is 18.9 Å². The molecule has 0 aliphatic carbocycles. The first-order valence-corrected chi connectivity index (χ1v) is 8.23. The molecule has 0 bridgehead atoms. The van der Waals surface area contributed by atoms with E-state index in [1.807, 2.05) is 42.6 Å². The third-order valence-corrected chi connectivity index (χ3v) is 4.48. The summed E-state index contributed by atoms with van der Waals surface area (Å²) >= 11 is 1.64. The second kappa shape index (κ2) is 6.32. The van der Waals surface area contributed by atoms with E-state index in [1.54, 1.807) is 23.5 Å². The van der Waals surface area contributed by atoms with Crippen LogP contribution >= 0.6 is 11.3 Å². The van der Waals surface area contributed by atoms with Crippen LogP contribution in [0.5, 0.6) is 5.75 Å². The molecule has 2 aromatic rings. The highest BCUT2D eigenvalue weighted by molar-refractivity contribution is 7.08. The highest BCUT2D eigenvalue weighted by Gasteiger charge is 2.32. The van der Waals surface area contributed by atoms with Crippen LogP contribution in [0.1, 0.15) is 36.9 Å². The molecule has 1 aromatic heterocycles. The average molecular weight is 314 g/mol. The van der Waals surface area contributed by atoms with Gasteiger partial charge in [0, 0.05) is 18.4 Å². The number of thiophene rings is 1. The quantitative estimate of drug-likeness (QED) is 0.860. The van der Waals surface area contributed by atoms with Gasteiger partial charge in [0.15, 0.2) is 0 Å². The summed E-state index contributed by atoms with van der Waals surface area (Å²) in [6.45, 7) is 1.86. The maximum absolute atomic E-state index is 12.3. The summed E-state index contributed by atoms with van der Waals surface area (Å²) in [5.41, 5.74) is 3.12. The van der Waals surface area contributed by atoms with Crippen molar-refractivity contribution in [1.29, 1.82) is 0 Å². The van der Waals surface area contributed by atoms with E-state index in [0.29, 0.717) is 6.42 Å². The maximum atomic E-state index is 12.3. The Labute approximate surface area is 134 Å². The monoisotopic (exact) mass is 314 g/mol. The second-order valence-electron chi connectivity index (χ2n) is 5.15. The predicted molar refractivity (Wildman–Crippen MR) is 88.3 cm³/mol. The van der Waals surface area contributed by atoms with Crippen LogP contribution in [-0.4, -0.2) is 23.7 Å². The van der Waals surface area contributed by atoms with E-state index < -0.39 is 0 Å². The van der Waals surface area contributed by atoms with Gasteiger partial charge in [-0.05, 0) is 34.5 Å². The lowest BCUT2D eigenvalue weighted by Crippen LogP contribution is -2.26. The molecule has 0 saturated carbocycles. The summed E-state index contributed by atoms with van der Waals surface area (Å²) in [4.78, 5) is 12.3. The van der Waals surface area contributed by atoms with Gasteiger partial charge in [0.25, 0.3) is 0 Å². The van der Waals surface area contributed by atoms with E-state index in [0.717, 1.165) is 29.0 Å². The third-order valence-electron chi connectivity index (χ3n) is 3.80. The van der Waals surface area contributed by atoms with Gasteiger partial charge in [-0.15, -0.1) is 0 Å². The van der Waals surface area contributed by atoms with Crippen molar-refractivity contribution in [3.05, 3.63) is 52.2 Å². The Morgan fingerprint density at radius 1 is 1.45 bits per heavy atom. The number of amides is 1. The van der Waals surface area contributed by atoms with Crippen LogP contribution in [0.4, 0.5) is 0 Å². The highest BCUT2D eigenvalue weighted by atomic mass is 32.1. The lowest BCUT2D eigenvalue weighted by molar-refractivity contribution is -0.132. The third kappa shape index (κ3) is 2.76. The fourth-order valence-corrected chi connectivity index (χ4v) is 3.28. The minimum atomic E-state index is -0.0579. The summed E-state index contributed by atoms with van der Waals surface area (Å²) in [6, 6.07) is 9.85. The first kappa shape index (κ1) is 14.8. The van der Waals surface area contributed by atoms with Gasteiger partial charge >= 0.3 is 0 Å². The molecular formula is C17H18N2O2S. The zero-order chi connectivity index (χ0) is 15.5. The summed E-state index contributed by atoms with van der Waals surface area (Å²) < 4.78 is 5.30. The van der Waals surface area contributed by atoms with Crippen LogP contribution in [-0.2, 0) is 4.79 Å². The first-order valence-electron chi connectivity index (χ1n) is 7.29. The molecule has 1 aliphatic heterocycles. The molecular weight excluding hydrogens is 296 g/mol. The Morgan fingerprint density at radius 3 is 3.00 bits per heavy atom. The van der Waals surface area contributed by atoms with E-state index in [2.05, 4.69) is 10.5 Å². The van der Waals surface area contributed by atoms with E-state index in [4.69, 9.17) is 4.74 Å². The molecule has 1 amide bonds. The summed E-state index contributed by atoms with van der Waals surface area (Å²) in [5, 5.41) is 10.3. The van der Waals surface area contributed by atoms with Crippen LogP contribution in [0.2, 0.25) is 0 Å². The van der Waals surface area contributed by atoms with Crippen molar-refractivity contribution in [1.82, 2.24) is 5.01 Å². The largest absolute Gasteiger partial charge is 0.497 e. The van der Waals surface area contributed by atoms with Crippen LogP contribution in [0.25, 0.3) is 0 Å². The summed E-state index contributed by atoms with van der Waals surface area (Å²) in [5.74, 6) is 0.837. The lowest BCUT2D eigenvalue weighted by atomic mass is 9.99. The van der Waals surface area contributed by atoms with Crippen molar-refractivity contribution >= 4 is 23.0 Å². The molecule has 0 spiro atoms. The molecule has 5 heteroatoms. The van der Waals surface area contributed by atoms with Crippen molar-refractivity contribution in [3.8, 4) is 5.75 Å². The minimum Gasteiger partial charge on any atom is -0.497 e. The van der Waals surface area contributed by atoms with Crippen molar-refractivity contribution in [3.63, 3.8) is 0 Å². The summed E-state index contributed by atoms with van der Waals surface area (Å²) in [7, 11) is 1.65. The Bertz CT molecular complexity index is 694. The van der Waals surface area contributed by atoms with E-state index in [9.17, 15) is 4.79 Å². The molecule has 22 heavy (non-hydrogen) atoms. The zero-order valence-electron chi connectivity index (χ0n) is 12.7. The van der Waals surface area contributed by atoms with E-state index in [-0.39, 0.29) is 11.9 Å². The first-order chi connectivity index (χ1) is 10.7. The number of carbonyl (C=O) groups excluding carboxylic acids is 1. The van der Waals surface area contributed by atoms with Crippen LogP contribution in [0.3, 0.4) is 0 Å². The molecule has 1 atom stereocenters. The molecule has 0 saturated heterocycles. The van der Waals surface area contributed by atoms with Crippen LogP contribution in [0, 0.1) is 0 Å². The fourth-order valence-electron chi connectivity index (χ4n) is 2.61. The maximum Gasteiger partial charge on any atom is 0.242 e. The Hall–Kier alpha value is -2.14. The molecule has 0 N–H and O–H groups in total. The molecule has 2 heterocycles. The number of hydrogen-bond donors (Lipinski definition) is 0. The lowest BCUT2D eigenvalue weighted by Gasteiger charge is -2.21. The molecule has 0 fully saturated rings. The van der Waals surface area contributed by atoms with Gasteiger partial charge in [0.1, 0.15) is 5.75 Å². The molecule has 1 unspecified atom stereocenters. The highest BCUT2D eigenvalue weighted by Crippen LogP contribution is 2.34. The van der Waals surface area contributed by atoms with Gasteiger partial charge < -0.3 is 4.74 Å². The van der Waals surface area contributed by atoms with Gasteiger partial charge in [-0.2, -0.15) is 16.4 Å². The van der Waals surface area contributed by atoms with Gasteiger partial charge in [-0.1, -0.05) is 19.1 Å². The van der Waals surface area contributed by atoms with Crippen LogP contribution < -0.4 is 4.74 Å². The van der Waals surface area contributed by atoms with Crippen molar-refractivity contribution < 1.29 is 9.53 Å². The number of ether oxygens (including phenoxy) is 1. The number of nitrogens with zero attached hydrogens (tertiary/aromatic N) is 2. The normalized spacial score (nSPS) is 17.5. The molecule has 0 radical (unpaired) electrons. The number of methoxy groups -OCH3 is 1. The van der Waals surface area contributed by atoms with Crippen LogP contribution in [0.15, 0.2) is 46.2 Å². The topological polar surface area (TPSA) is 41.9 Å². The van der Waals surface area contributed by atoms with E-state index >= 15 is 0 Å². The Morgan fingerprint density at radius 2 is 2.32 bits per heavy atom. The Kier molecular flexibility index (Phi) is 4.24. The zero-order valence-corrected chi connectivity index (χ0v) is 13.5. The Balaban J connectivity index is 1.94. The van der Waals surface area contributed by atoms with Gasteiger partial charge in [-0.25, -0.2) is 5.01 Å². The number of benzene rings is 1. The fraction of sp³-hybridized carbons (Fsp3) is 0.294. The SMILES string of the molecule is CCC(=O)N1N=C(c2ccsc2)CC1c1cccc(OC)c1. The molecule has 1 aromatic carbocycles. The van der Waals surface area contributed by atoms with E-state index in [1.165, 1.54) is 0 Å². The summed E-state index contributed by atoms with van der Waals surface area (Å²) in [6.07, 6.45) is 1.18. The standard InChI is InChI=1S/C17H18N2O2S/c1-3-17(20)19-16(12-5-4-6-14(9-12)21-2)10-15(18-19)13-7-8-22-11-13/h4-9,11,16H,3,10H2,1-2H3. The van der Waals surface area contributed by atoms with Crippen molar-refractivity contribution in [2.45, 2.75) is 25.8 Å². The second-order valence-corrected chi connectivity index (χ2v) is 5.93. The average Bonchev–Trinajstić information content (AvgIpc) is 3.23. The predicted octanol–water partition coefficient (Wildman–Crippen LogP) is 3.84. The molecule has 114 valence electrons. The molecule has 3 rings (SSSR count). The molecule has 4 nitrogen and oxygen atoms in total.